The molecule has 1 fully saturated rings. The van der Waals surface area contributed by atoms with Gasteiger partial charge in [0.1, 0.15) is 0 Å². The summed E-state index contributed by atoms with van der Waals surface area (Å²) in [5.74, 6) is 0.215. The van der Waals surface area contributed by atoms with E-state index in [0.29, 0.717) is 19.5 Å². The molecule has 1 atom stereocenters. The number of amides is 3. The zero-order valence-electron chi connectivity index (χ0n) is 17.0. The molecule has 2 aromatic rings. The molecular weight excluding hydrogens is 378 g/mol. The smallest absolute Gasteiger partial charge is 0.316 e. The summed E-state index contributed by atoms with van der Waals surface area (Å²) in [6.07, 6.45) is 7.32. The molecule has 1 N–H and O–H groups in total. The number of aromatic nitrogens is 1. The van der Waals surface area contributed by atoms with Gasteiger partial charge in [0.25, 0.3) is 0 Å². The van der Waals surface area contributed by atoms with Crippen LogP contribution in [0.25, 0.3) is 0 Å². The topological polar surface area (TPSA) is 77.9 Å². The summed E-state index contributed by atoms with van der Waals surface area (Å²) >= 11 is 0. The summed E-state index contributed by atoms with van der Waals surface area (Å²) in [6, 6.07) is 9.85. The maximum Gasteiger partial charge on any atom is 0.322 e. The number of pyridine rings is 1. The highest BCUT2D eigenvalue weighted by Gasteiger charge is 2.34. The summed E-state index contributed by atoms with van der Waals surface area (Å²) in [7, 11) is 0. The van der Waals surface area contributed by atoms with Gasteiger partial charge in [0, 0.05) is 43.5 Å². The van der Waals surface area contributed by atoms with E-state index in [1.165, 1.54) is 6.42 Å². The molecule has 7 nitrogen and oxygen atoms in total. The number of nitrogens with one attached hydrogen (secondary N) is 1. The monoisotopic (exact) mass is 403 g/mol. The van der Waals surface area contributed by atoms with Crippen LogP contribution in [0.15, 0.2) is 47.8 Å². The van der Waals surface area contributed by atoms with Crippen molar-refractivity contribution in [2.45, 2.75) is 51.7 Å². The highest BCUT2D eigenvalue weighted by Crippen LogP contribution is 2.30. The molecule has 1 aliphatic carbocycles. The molecule has 0 bridgehead atoms. The van der Waals surface area contributed by atoms with E-state index in [0.717, 1.165) is 40.9 Å². The normalized spacial score (nSPS) is 21.2. The van der Waals surface area contributed by atoms with Crippen LogP contribution in [-0.2, 0) is 17.9 Å². The largest absolute Gasteiger partial charge is 0.322 e. The second-order valence-electron chi connectivity index (χ2n) is 8.42. The van der Waals surface area contributed by atoms with Gasteiger partial charge in [-0.25, -0.2) is 9.80 Å². The van der Waals surface area contributed by atoms with E-state index in [1.807, 2.05) is 43.5 Å². The Bertz CT molecular complexity index is 988. The van der Waals surface area contributed by atoms with Gasteiger partial charge in [0.15, 0.2) is 0 Å². The van der Waals surface area contributed by atoms with Gasteiger partial charge in [0.05, 0.1) is 11.8 Å². The van der Waals surface area contributed by atoms with Crippen LogP contribution in [0.5, 0.6) is 0 Å². The fourth-order valence-electron chi connectivity index (χ4n) is 4.27. The van der Waals surface area contributed by atoms with E-state index in [9.17, 15) is 9.59 Å². The molecular formula is C23H25N5O2. The lowest BCUT2D eigenvalue weighted by Crippen LogP contribution is -2.45. The number of carbonyl (C=O) groups is 2. The van der Waals surface area contributed by atoms with Crippen molar-refractivity contribution in [3.63, 3.8) is 0 Å². The molecule has 3 heterocycles. The van der Waals surface area contributed by atoms with Crippen molar-refractivity contribution in [1.82, 2.24) is 14.9 Å². The lowest BCUT2D eigenvalue weighted by Gasteiger charge is -2.37. The maximum atomic E-state index is 12.6. The lowest BCUT2D eigenvalue weighted by molar-refractivity contribution is -0.136. The number of carbonyl (C=O) groups excluding carboxylic acids is 2. The van der Waals surface area contributed by atoms with Crippen molar-refractivity contribution in [1.29, 1.82) is 0 Å². The molecule has 2 aliphatic heterocycles. The van der Waals surface area contributed by atoms with E-state index in [2.05, 4.69) is 10.3 Å². The summed E-state index contributed by atoms with van der Waals surface area (Å²) in [6.45, 7) is 3.22. The van der Waals surface area contributed by atoms with Gasteiger partial charge in [-0.05, 0) is 54.2 Å². The molecule has 0 spiro atoms. The average molecular weight is 403 g/mol. The molecule has 1 aromatic carbocycles. The van der Waals surface area contributed by atoms with Crippen LogP contribution in [0.1, 0.15) is 49.3 Å². The van der Waals surface area contributed by atoms with Gasteiger partial charge in [-0.2, -0.15) is 5.10 Å². The summed E-state index contributed by atoms with van der Waals surface area (Å²) in [5, 5.41) is 9.39. The fraction of sp³-hybridized carbons (Fsp3) is 0.391. The van der Waals surface area contributed by atoms with Crippen LogP contribution in [-0.4, -0.2) is 38.6 Å². The fourth-order valence-corrected chi connectivity index (χ4v) is 4.27. The minimum Gasteiger partial charge on any atom is -0.316 e. The zero-order chi connectivity index (χ0) is 20.7. The van der Waals surface area contributed by atoms with Crippen LogP contribution < -0.4 is 5.32 Å². The highest BCUT2D eigenvalue weighted by atomic mass is 16.2. The quantitative estimate of drug-likeness (QED) is 0.848. The number of anilines is 1. The predicted octanol–water partition coefficient (Wildman–Crippen LogP) is 3.75. The van der Waals surface area contributed by atoms with Crippen molar-refractivity contribution in [3.8, 4) is 0 Å². The van der Waals surface area contributed by atoms with Crippen molar-refractivity contribution in [3.05, 3.63) is 59.4 Å². The highest BCUT2D eigenvalue weighted by molar-refractivity contribution is 6.06. The van der Waals surface area contributed by atoms with E-state index < -0.39 is 0 Å². The number of fused-ring (bicyclic) bond motifs is 1. The predicted molar refractivity (Wildman–Crippen MR) is 114 cm³/mol. The number of benzene rings is 1. The Morgan fingerprint density at radius 2 is 1.87 bits per heavy atom. The third-order valence-electron chi connectivity index (χ3n) is 6.29. The maximum absolute atomic E-state index is 12.6. The van der Waals surface area contributed by atoms with Crippen LogP contribution in [0.4, 0.5) is 10.5 Å². The molecule has 154 valence electrons. The van der Waals surface area contributed by atoms with Crippen LogP contribution in [0.2, 0.25) is 0 Å². The number of hydrazone groups is 1. The minimum absolute atomic E-state index is 0.0889. The number of urea groups is 1. The number of nitrogens with zero attached hydrogens (tertiary/aromatic N) is 4. The Hall–Kier alpha value is -3.22. The molecule has 30 heavy (non-hydrogen) atoms. The minimum atomic E-state index is -0.121. The van der Waals surface area contributed by atoms with Gasteiger partial charge < -0.3 is 10.2 Å². The van der Waals surface area contributed by atoms with E-state index >= 15 is 0 Å². The molecule has 1 aromatic heterocycles. The first-order chi connectivity index (χ1) is 14.6. The standard InChI is InChI=1S/C23H25N5O2/c1-15-11-21(29)28(20-3-2-4-20)26-22(15)16-5-7-19(8-6-16)25-23(30)27-13-17-9-10-24-12-18(17)14-27/h5-10,12,15,20H,2-4,11,13-14H2,1H3,(H,25,30). The summed E-state index contributed by atoms with van der Waals surface area (Å²) < 4.78 is 0. The van der Waals surface area contributed by atoms with E-state index in [1.54, 1.807) is 16.1 Å². The average Bonchev–Trinajstić information content (AvgIpc) is 3.14. The van der Waals surface area contributed by atoms with Gasteiger partial charge >= 0.3 is 6.03 Å². The van der Waals surface area contributed by atoms with Crippen LogP contribution >= 0.6 is 0 Å². The Morgan fingerprint density at radius 1 is 1.10 bits per heavy atom. The molecule has 0 saturated heterocycles. The van der Waals surface area contributed by atoms with Gasteiger partial charge in [-0.3, -0.25) is 9.78 Å². The Kier molecular flexibility index (Phi) is 4.73. The Balaban J connectivity index is 1.27. The van der Waals surface area contributed by atoms with Crippen molar-refractivity contribution in [2.75, 3.05) is 5.32 Å². The third kappa shape index (κ3) is 3.44. The summed E-state index contributed by atoms with van der Waals surface area (Å²) in [4.78, 5) is 30.9. The Morgan fingerprint density at radius 3 is 2.57 bits per heavy atom. The zero-order valence-corrected chi connectivity index (χ0v) is 17.0. The lowest BCUT2D eigenvalue weighted by atomic mass is 9.89. The molecule has 1 saturated carbocycles. The second kappa shape index (κ2) is 7.55. The first-order valence-electron chi connectivity index (χ1n) is 10.6. The molecule has 5 rings (SSSR count). The van der Waals surface area contributed by atoms with Crippen molar-refractivity contribution in [2.24, 2.45) is 11.0 Å². The van der Waals surface area contributed by atoms with Gasteiger partial charge in [0.2, 0.25) is 5.91 Å². The first kappa shape index (κ1) is 18.8. The Labute approximate surface area is 175 Å². The molecule has 1 unspecified atom stereocenters. The summed E-state index contributed by atoms with van der Waals surface area (Å²) in [5.41, 5.74) is 4.93. The number of hydrogen-bond donors (Lipinski definition) is 1. The second-order valence-corrected chi connectivity index (χ2v) is 8.42. The molecule has 7 heteroatoms. The SMILES string of the molecule is CC1CC(=O)N(C2CCC2)N=C1c1ccc(NC(=O)N2Cc3ccncc3C2)cc1. The van der Waals surface area contributed by atoms with Crippen molar-refractivity contribution >= 4 is 23.3 Å². The van der Waals surface area contributed by atoms with E-state index in [-0.39, 0.29) is 23.9 Å². The number of rotatable bonds is 3. The van der Waals surface area contributed by atoms with Crippen molar-refractivity contribution < 1.29 is 9.59 Å². The van der Waals surface area contributed by atoms with Crippen LogP contribution in [0.3, 0.4) is 0 Å². The van der Waals surface area contributed by atoms with Gasteiger partial charge in [-0.1, -0.05) is 19.1 Å². The number of hydrogen-bond acceptors (Lipinski definition) is 4. The van der Waals surface area contributed by atoms with Crippen LogP contribution in [0, 0.1) is 5.92 Å². The molecule has 0 radical (unpaired) electrons. The van der Waals surface area contributed by atoms with Gasteiger partial charge in [-0.15, -0.1) is 0 Å². The molecule has 3 aliphatic rings. The first-order valence-corrected chi connectivity index (χ1v) is 10.6. The van der Waals surface area contributed by atoms with E-state index in [4.69, 9.17) is 5.10 Å². The third-order valence-corrected chi connectivity index (χ3v) is 6.29. The molecule has 3 amide bonds.